The molecule has 74 valence electrons. The molecule has 1 aliphatic rings. The van der Waals surface area contributed by atoms with Gasteiger partial charge >= 0.3 is 0 Å². The van der Waals surface area contributed by atoms with E-state index in [4.69, 9.17) is 0 Å². The van der Waals surface area contributed by atoms with E-state index in [0.29, 0.717) is 13.1 Å². The molecule has 0 aromatic rings. The van der Waals surface area contributed by atoms with Crippen molar-refractivity contribution < 1.29 is 9.59 Å². The molecule has 0 aliphatic carbocycles. The highest BCUT2D eigenvalue weighted by atomic mass is 16.2. The number of hydrogen-bond donors (Lipinski definition) is 0. The van der Waals surface area contributed by atoms with Gasteiger partial charge < -0.3 is 0 Å². The lowest BCUT2D eigenvalue weighted by Gasteiger charge is -2.39. The molecule has 13 heavy (non-hydrogen) atoms. The first kappa shape index (κ1) is 10.2. The Morgan fingerprint density at radius 2 is 1.46 bits per heavy atom. The Morgan fingerprint density at radius 1 is 1.08 bits per heavy atom. The minimum atomic E-state index is -0.393. The fourth-order valence-electron chi connectivity index (χ4n) is 1.55. The van der Waals surface area contributed by atoms with Crippen molar-refractivity contribution in [2.75, 3.05) is 20.1 Å². The van der Waals surface area contributed by atoms with Crippen LogP contribution in [0.4, 0.5) is 0 Å². The monoisotopic (exact) mass is 184 g/mol. The third-order valence-electron chi connectivity index (χ3n) is 1.98. The molecule has 2 amide bonds. The van der Waals surface area contributed by atoms with E-state index in [1.807, 2.05) is 20.8 Å². The number of imide groups is 1. The summed E-state index contributed by atoms with van der Waals surface area (Å²) in [6, 6.07) is 0. The second kappa shape index (κ2) is 3.10. The third kappa shape index (κ3) is 2.06. The first-order chi connectivity index (χ1) is 5.82. The van der Waals surface area contributed by atoms with Crippen LogP contribution < -0.4 is 0 Å². The minimum Gasteiger partial charge on any atom is -0.289 e. The first-order valence-electron chi connectivity index (χ1n) is 4.37. The fraction of sp³-hybridized carbons (Fsp3) is 0.778. The maximum atomic E-state index is 11.5. The molecule has 0 N–H and O–H groups in total. The lowest BCUT2D eigenvalue weighted by Crippen LogP contribution is -2.59. The van der Waals surface area contributed by atoms with Crippen LogP contribution in [-0.4, -0.2) is 47.3 Å². The van der Waals surface area contributed by atoms with E-state index in [1.165, 1.54) is 4.90 Å². The Morgan fingerprint density at radius 3 is 1.77 bits per heavy atom. The van der Waals surface area contributed by atoms with Crippen LogP contribution in [0.5, 0.6) is 0 Å². The van der Waals surface area contributed by atoms with Gasteiger partial charge in [0.25, 0.3) is 0 Å². The molecule has 0 saturated carbocycles. The number of amides is 2. The van der Waals surface area contributed by atoms with E-state index in [-0.39, 0.29) is 11.8 Å². The van der Waals surface area contributed by atoms with Crippen molar-refractivity contribution in [3.05, 3.63) is 0 Å². The molecular weight excluding hydrogens is 168 g/mol. The normalized spacial score (nSPS) is 21.1. The van der Waals surface area contributed by atoms with Crippen molar-refractivity contribution in [3.63, 3.8) is 0 Å². The summed E-state index contributed by atoms with van der Waals surface area (Å²) < 4.78 is 0. The molecule has 4 heteroatoms. The SMILES string of the molecule is CN1CC(=O)N(C(C)(C)C)C(=O)C1. The number of nitrogens with zero attached hydrogens (tertiary/aromatic N) is 2. The van der Waals surface area contributed by atoms with Gasteiger partial charge in [0.15, 0.2) is 0 Å². The maximum absolute atomic E-state index is 11.5. The molecule has 1 aliphatic heterocycles. The molecular formula is C9H16N2O2. The van der Waals surface area contributed by atoms with Crippen molar-refractivity contribution in [3.8, 4) is 0 Å². The standard InChI is InChI=1S/C9H16N2O2/c1-9(2,3)11-7(12)5-10(4)6-8(11)13/h5-6H2,1-4H3. The van der Waals surface area contributed by atoms with Crippen LogP contribution in [0.25, 0.3) is 0 Å². The zero-order chi connectivity index (χ0) is 10.2. The van der Waals surface area contributed by atoms with E-state index in [9.17, 15) is 9.59 Å². The Balaban J connectivity index is 2.86. The van der Waals surface area contributed by atoms with Gasteiger partial charge in [0.2, 0.25) is 11.8 Å². The van der Waals surface area contributed by atoms with Crippen LogP contribution in [0.15, 0.2) is 0 Å². The van der Waals surface area contributed by atoms with Gasteiger partial charge in [0.1, 0.15) is 0 Å². The van der Waals surface area contributed by atoms with Crippen molar-refractivity contribution >= 4 is 11.8 Å². The molecule has 0 radical (unpaired) electrons. The second-order valence-corrected chi connectivity index (χ2v) is 4.47. The molecule has 1 fully saturated rings. The average Bonchev–Trinajstić information content (AvgIpc) is 1.78. The molecule has 0 atom stereocenters. The highest BCUT2D eigenvalue weighted by Gasteiger charge is 2.36. The zero-order valence-electron chi connectivity index (χ0n) is 8.63. The number of rotatable bonds is 0. The van der Waals surface area contributed by atoms with E-state index >= 15 is 0 Å². The van der Waals surface area contributed by atoms with E-state index in [1.54, 1.807) is 11.9 Å². The third-order valence-corrected chi connectivity index (χ3v) is 1.98. The summed E-state index contributed by atoms with van der Waals surface area (Å²) in [6.07, 6.45) is 0. The van der Waals surface area contributed by atoms with Crippen LogP contribution in [0, 0.1) is 0 Å². The van der Waals surface area contributed by atoms with Gasteiger partial charge in [-0.05, 0) is 27.8 Å². The summed E-state index contributed by atoms with van der Waals surface area (Å²) in [4.78, 5) is 26.1. The van der Waals surface area contributed by atoms with Gasteiger partial charge in [-0.1, -0.05) is 0 Å². The second-order valence-electron chi connectivity index (χ2n) is 4.47. The minimum absolute atomic E-state index is 0.105. The Hall–Kier alpha value is -0.900. The summed E-state index contributed by atoms with van der Waals surface area (Å²) in [6.45, 7) is 6.28. The van der Waals surface area contributed by atoms with Crippen LogP contribution in [-0.2, 0) is 9.59 Å². The van der Waals surface area contributed by atoms with Crippen LogP contribution in [0.2, 0.25) is 0 Å². The smallest absolute Gasteiger partial charge is 0.243 e. The summed E-state index contributed by atoms with van der Waals surface area (Å²) in [5.41, 5.74) is -0.393. The highest BCUT2D eigenvalue weighted by molar-refractivity contribution is 6.00. The summed E-state index contributed by atoms with van der Waals surface area (Å²) in [5.74, 6) is -0.211. The predicted molar refractivity (Wildman–Crippen MR) is 49.1 cm³/mol. The van der Waals surface area contributed by atoms with Crippen molar-refractivity contribution in [2.45, 2.75) is 26.3 Å². The Kier molecular flexibility index (Phi) is 2.43. The van der Waals surface area contributed by atoms with Gasteiger partial charge in [-0.15, -0.1) is 0 Å². The number of carbonyl (C=O) groups excluding carboxylic acids is 2. The van der Waals surface area contributed by atoms with E-state index in [2.05, 4.69) is 0 Å². The molecule has 0 unspecified atom stereocenters. The predicted octanol–water partition coefficient (Wildman–Crippen LogP) is 0.0855. The fourth-order valence-corrected chi connectivity index (χ4v) is 1.55. The van der Waals surface area contributed by atoms with Gasteiger partial charge in [-0.3, -0.25) is 19.4 Å². The van der Waals surface area contributed by atoms with Crippen LogP contribution >= 0.6 is 0 Å². The summed E-state index contributed by atoms with van der Waals surface area (Å²) >= 11 is 0. The molecule has 4 nitrogen and oxygen atoms in total. The van der Waals surface area contributed by atoms with E-state index in [0.717, 1.165) is 0 Å². The molecule has 1 rings (SSSR count). The van der Waals surface area contributed by atoms with Gasteiger partial charge in [-0.2, -0.15) is 0 Å². The van der Waals surface area contributed by atoms with E-state index < -0.39 is 5.54 Å². The molecule has 0 aromatic carbocycles. The average molecular weight is 184 g/mol. The maximum Gasteiger partial charge on any atom is 0.243 e. The van der Waals surface area contributed by atoms with Gasteiger partial charge in [-0.25, -0.2) is 0 Å². The first-order valence-corrected chi connectivity index (χ1v) is 4.37. The van der Waals surface area contributed by atoms with Gasteiger partial charge in [0.05, 0.1) is 13.1 Å². The quantitative estimate of drug-likeness (QED) is 0.501. The summed E-state index contributed by atoms with van der Waals surface area (Å²) in [5, 5.41) is 0. The Labute approximate surface area is 78.5 Å². The molecule has 0 spiro atoms. The van der Waals surface area contributed by atoms with Crippen LogP contribution in [0.1, 0.15) is 20.8 Å². The lowest BCUT2D eigenvalue weighted by atomic mass is 10.0. The molecule has 1 saturated heterocycles. The molecule has 0 bridgehead atoms. The lowest BCUT2D eigenvalue weighted by molar-refractivity contribution is -0.156. The number of hydrogen-bond acceptors (Lipinski definition) is 3. The zero-order valence-corrected chi connectivity index (χ0v) is 8.63. The van der Waals surface area contributed by atoms with Gasteiger partial charge in [0, 0.05) is 5.54 Å². The molecule has 1 heterocycles. The summed E-state index contributed by atoms with van der Waals surface area (Å²) in [7, 11) is 1.77. The van der Waals surface area contributed by atoms with Crippen LogP contribution in [0.3, 0.4) is 0 Å². The van der Waals surface area contributed by atoms with Crippen molar-refractivity contribution in [1.29, 1.82) is 0 Å². The highest BCUT2D eigenvalue weighted by Crippen LogP contribution is 2.17. The van der Waals surface area contributed by atoms with Crippen molar-refractivity contribution in [2.24, 2.45) is 0 Å². The topological polar surface area (TPSA) is 40.6 Å². The van der Waals surface area contributed by atoms with Crippen molar-refractivity contribution in [1.82, 2.24) is 9.80 Å². The number of carbonyl (C=O) groups is 2. The number of piperazine rings is 1. The Bertz CT molecular complexity index is 224. The number of likely N-dealkylation sites (N-methyl/N-ethyl adjacent to an activating group) is 1. The largest absolute Gasteiger partial charge is 0.289 e. The molecule has 0 aromatic heterocycles.